The van der Waals surface area contributed by atoms with Crippen molar-refractivity contribution in [2.24, 2.45) is 28.2 Å². The number of benzene rings is 2. The van der Waals surface area contributed by atoms with E-state index in [-0.39, 0.29) is 0 Å². The van der Waals surface area contributed by atoms with Gasteiger partial charge < -0.3 is 20.5 Å². The van der Waals surface area contributed by atoms with Crippen molar-refractivity contribution in [1.82, 2.24) is 20.2 Å². The second kappa shape index (κ2) is 10.6. The molecule has 1 aromatic heterocycles. The molecule has 8 heteroatoms. The summed E-state index contributed by atoms with van der Waals surface area (Å²) < 4.78 is 0. The summed E-state index contributed by atoms with van der Waals surface area (Å²) in [5.74, 6) is 4.13. The Morgan fingerprint density at radius 3 is 2.72 bits per heavy atom. The number of guanidine groups is 1. The second-order valence-electron chi connectivity index (χ2n) is 12.6. The van der Waals surface area contributed by atoms with Gasteiger partial charge in [0, 0.05) is 47.8 Å². The number of imidazole rings is 1. The van der Waals surface area contributed by atoms with Crippen molar-refractivity contribution in [3.8, 4) is 0 Å². The maximum Gasteiger partial charge on any atom is 0.198 e. The van der Waals surface area contributed by atoms with Crippen LogP contribution in [0.15, 0.2) is 41.4 Å². The van der Waals surface area contributed by atoms with E-state index in [0.29, 0.717) is 33.5 Å². The van der Waals surface area contributed by atoms with E-state index < -0.39 is 0 Å². The number of nitrogens with zero attached hydrogens (tertiary/aromatic N) is 3. The lowest BCUT2D eigenvalue weighted by Crippen LogP contribution is -2.57. The van der Waals surface area contributed by atoms with Crippen LogP contribution in [0.2, 0.25) is 10.0 Å². The first-order valence-corrected chi connectivity index (χ1v) is 15.2. The number of hydrogen-bond acceptors (Lipinski definition) is 3. The van der Waals surface area contributed by atoms with Gasteiger partial charge in [-0.15, -0.1) is 0 Å². The Balaban J connectivity index is 1.21. The first-order valence-electron chi connectivity index (χ1n) is 14.4. The molecule has 3 N–H and O–H groups in total. The molecule has 39 heavy (non-hydrogen) atoms. The number of aromatic nitrogens is 2. The van der Waals surface area contributed by atoms with Crippen LogP contribution < -0.4 is 10.6 Å². The molecule has 0 radical (unpaired) electrons. The summed E-state index contributed by atoms with van der Waals surface area (Å²) in [5.41, 5.74) is 4.56. The molecular weight excluding hydrogens is 527 g/mol. The molecule has 4 aliphatic rings. The summed E-state index contributed by atoms with van der Waals surface area (Å²) in [6, 6.07) is 12.9. The van der Waals surface area contributed by atoms with Gasteiger partial charge in [-0.2, -0.15) is 0 Å². The third-order valence-electron chi connectivity index (χ3n) is 9.70. The van der Waals surface area contributed by atoms with Gasteiger partial charge in [-0.05, 0) is 85.3 Å². The molecule has 7 rings (SSSR count). The van der Waals surface area contributed by atoms with Crippen LogP contribution in [0.4, 0.5) is 5.69 Å². The standard InChI is InChI=1S/C31H40Cl2N6/c1-18-17-39(12-11-34-18)30(38-27-14-21-13-24(19(27)2)31(21,3)4)35-23-8-9-26-28(16-23)37-29(36-26)10-6-20-5-7-22(32)15-25(20)33/h5,7-9,15-16,18-19,21,24,27,34H,6,10-14,17H2,1-4H3,(H,35,38)(H,36,37)/t18-,19-,21+,24-,27-/m0/s1. The zero-order valence-corrected chi connectivity index (χ0v) is 24.9. The Kier molecular flexibility index (Phi) is 7.32. The van der Waals surface area contributed by atoms with Crippen LogP contribution in [-0.2, 0) is 12.8 Å². The predicted octanol–water partition coefficient (Wildman–Crippen LogP) is 6.79. The fraction of sp³-hybridized carbons (Fsp3) is 0.548. The fourth-order valence-electron chi connectivity index (χ4n) is 7.13. The van der Waals surface area contributed by atoms with Crippen molar-refractivity contribution in [2.45, 2.75) is 65.5 Å². The van der Waals surface area contributed by atoms with Crippen molar-refractivity contribution in [3.05, 3.63) is 57.8 Å². The average molecular weight is 568 g/mol. The lowest BCUT2D eigenvalue weighted by Gasteiger charge is -2.61. The lowest BCUT2D eigenvalue weighted by atomic mass is 9.45. The zero-order valence-electron chi connectivity index (χ0n) is 23.4. The number of hydrogen-bond donors (Lipinski definition) is 3. The molecule has 3 aliphatic carbocycles. The number of halogens is 2. The van der Waals surface area contributed by atoms with Gasteiger partial charge in [0.2, 0.25) is 0 Å². The molecule has 6 nitrogen and oxygen atoms in total. The highest BCUT2D eigenvalue weighted by molar-refractivity contribution is 6.35. The Morgan fingerprint density at radius 2 is 1.97 bits per heavy atom. The van der Waals surface area contributed by atoms with Crippen molar-refractivity contribution in [2.75, 3.05) is 25.0 Å². The Hall–Kier alpha value is -2.28. The molecule has 2 aromatic carbocycles. The molecule has 3 aromatic rings. The monoisotopic (exact) mass is 566 g/mol. The quantitative estimate of drug-likeness (QED) is 0.235. The van der Waals surface area contributed by atoms with Gasteiger partial charge in [-0.25, -0.2) is 9.98 Å². The summed E-state index contributed by atoms with van der Waals surface area (Å²) in [6.45, 7) is 12.5. The lowest BCUT2D eigenvalue weighted by molar-refractivity contribution is -0.108. The van der Waals surface area contributed by atoms with Crippen molar-refractivity contribution in [1.29, 1.82) is 0 Å². The highest BCUT2D eigenvalue weighted by atomic mass is 35.5. The van der Waals surface area contributed by atoms with Gasteiger partial charge in [-0.3, -0.25) is 0 Å². The largest absolute Gasteiger partial charge is 0.342 e. The highest BCUT2D eigenvalue weighted by Crippen LogP contribution is 2.61. The van der Waals surface area contributed by atoms with E-state index in [1.54, 1.807) is 6.07 Å². The molecule has 3 saturated carbocycles. The molecular formula is C31H40Cl2N6. The number of H-pyrrole nitrogens is 1. The molecule has 5 atom stereocenters. The Labute approximate surface area is 242 Å². The molecule has 0 unspecified atom stereocenters. The summed E-state index contributed by atoms with van der Waals surface area (Å²) in [5, 5.41) is 8.65. The van der Waals surface area contributed by atoms with E-state index in [1.165, 1.54) is 12.8 Å². The van der Waals surface area contributed by atoms with E-state index >= 15 is 0 Å². The van der Waals surface area contributed by atoms with Gasteiger partial charge in [-0.1, -0.05) is 50.0 Å². The number of fused-ring (bicyclic) bond motifs is 3. The minimum absolute atomic E-state index is 0.370. The number of nitrogens with one attached hydrogen (secondary N) is 3. The predicted molar refractivity (Wildman–Crippen MR) is 163 cm³/mol. The maximum absolute atomic E-state index is 6.38. The van der Waals surface area contributed by atoms with Crippen molar-refractivity contribution >= 4 is 45.9 Å². The third-order valence-corrected chi connectivity index (χ3v) is 10.3. The summed E-state index contributed by atoms with van der Waals surface area (Å²) in [7, 11) is 0. The van der Waals surface area contributed by atoms with Crippen LogP contribution in [0.3, 0.4) is 0 Å². The molecule has 1 saturated heterocycles. The molecule has 4 fully saturated rings. The number of aliphatic imine (C=N–C) groups is 1. The molecule has 0 amide bonds. The molecule has 2 bridgehead atoms. The van der Waals surface area contributed by atoms with E-state index in [2.05, 4.69) is 66.4 Å². The maximum atomic E-state index is 6.38. The van der Waals surface area contributed by atoms with E-state index in [9.17, 15) is 0 Å². The van der Waals surface area contributed by atoms with E-state index in [0.717, 1.165) is 78.4 Å². The SMILES string of the molecule is C[C@@H]1[C@@H](/N=C(\Nc2ccc3[nH]c(CCc4ccc(Cl)cc4Cl)nc3c2)N2CCN[C@@H](C)C2)C[C@H]2C[C@@H]1C2(C)C. The number of aryl methyl sites for hydroxylation is 2. The minimum atomic E-state index is 0.370. The number of rotatable bonds is 5. The van der Waals surface area contributed by atoms with Crippen LogP contribution in [0.1, 0.15) is 51.9 Å². The van der Waals surface area contributed by atoms with Crippen LogP contribution in [0.5, 0.6) is 0 Å². The average Bonchev–Trinajstić information content (AvgIpc) is 3.30. The molecule has 208 valence electrons. The van der Waals surface area contributed by atoms with Crippen LogP contribution in [-0.4, -0.2) is 52.5 Å². The second-order valence-corrected chi connectivity index (χ2v) is 13.4. The normalized spacial score (nSPS) is 28.4. The van der Waals surface area contributed by atoms with Crippen LogP contribution >= 0.6 is 23.2 Å². The fourth-order valence-corrected chi connectivity index (χ4v) is 7.63. The van der Waals surface area contributed by atoms with Crippen molar-refractivity contribution < 1.29 is 0 Å². The van der Waals surface area contributed by atoms with Gasteiger partial charge in [0.05, 0.1) is 17.1 Å². The summed E-state index contributed by atoms with van der Waals surface area (Å²) >= 11 is 12.4. The molecule has 2 heterocycles. The van der Waals surface area contributed by atoms with Gasteiger partial charge in [0.15, 0.2) is 5.96 Å². The Morgan fingerprint density at radius 1 is 1.13 bits per heavy atom. The smallest absolute Gasteiger partial charge is 0.198 e. The molecule has 0 spiro atoms. The first-order chi connectivity index (χ1) is 18.7. The van der Waals surface area contributed by atoms with Gasteiger partial charge in [0.1, 0.15) is 5.82 Å². The first kappa shape index (κ1) is 26.9. The molecule has 1 aliphatic heterocycles. The topological polar surface area (TPSA) is 68.3 Å². The number of piperazine rings is 1. The van der Waals surface area contributed by atoms with Crippen LogP contribution in [0.25, 0.3) is 11.0 Å². The van der Waals surface area contributed by atoms with Gasteiger partial charge >= 0.3 is 0 Å². The van der Waals surface area contributed by atoms with E-state index in [1.807, 2.05) is 12.1 Å². The zero-order chi connectivity index (χ0) is 27.3. The summed E-state index contributed by atoms with van der Waals surface area (Å²) in [4.78, 5) is 16.2. The summed E-state index contributed by atoms with van der Waals surface area (Å²) in [6.07, 6.45) is 4.15. The Bertz CT molecular complexity index is 1380. The van der Waals surface area contributed by atoms with E-state index in [4.69, 9.17) is 33.2 Å². The number of aromatic amines is 1. The van der Waals surface area contributed by atoms with Gasteiger partial charge in [0.25, 0.3) is 0 Å². The minimum Gasteiger partial charge on any atom is -0.342 e. The third kappa shape index (κ3) is 5.40. The van der Waals surface area contributed by atoms with Crippen molar-refractivity contribution in [3.63, 3.8) is 0 Å². The number of anilines is 1. The van der Waals surface area contributed by atoms with Crippen LogP contribution in [0, 0.1) is 23.2 Å². The highest BCUT2D eigenvalue weighted by Gasteiger charge is 2.56.